The highest BCUT2D eigenvalue weighted by atomic mass is 16.5. The van der Waals surface area contributed by atoms with Crippen LogP contribution in [0, 0.1) is 0 Å². The molecule has 0 heterocycles. The van der Waals surface area contributed by atoms with E-state index in [1.165, 1.54) is 0 Å². The average molecular weight is 292 g/mol. The number of hydrogen-bond acceptors (Lipinski definition) is 4. The molecule has 1 aliphatic carbocycles. The lowest BCUT2D eigenvalue weighted by Crippen LogP contribution is -2.25. The fraction of sp³-hybridized carbons (Fsp3) is 0.588. The molecule has 4 nitrogen and oxygen atoms in total. The van der Waals surface area contributed by atoms with E-state index in [9.17, 15) is 9.90 Å². The number of aliphatic hydroxyl groups excluding tert-OH is 1. The number of aliphatic hydroxyl groups is 1. The molecule has 0 spiro atoms. The first-order chi connectivity index (χ1) is 10.1. The van der Waals surface area contributed by atoms with E-state index in [4.69, 9.17) is 9.47 Å². The average Bonchev–Trinajstić information content (AvgIpc) is 2.47. The van der Waals surface area contributed by atoms with Gasteiger partial charge < -0.3 is 14.6 Å². The summed E-state index contributed by atoms with van der Waals surface area (Å²) in [5.41, 5.74) is 0.866. The normalized spacial score (nSPS) is 18.0. The van der Waals surface area contributed by atoms with Crippen LogP contribution in [-0.4, -0.2) is 29.7 Å². The Morgan fingerprint density at radius 1 is 1.24 bits per heavy atom. The van der Waals surface area contributed by atoms with E-state index in [2.05, 4.69) is 0 Å². The highest BCUT2D eigenvalue weighted by Crippen LogP contribution is 2.31. The molecule has 1 aliphatic rings. The van der Waals surface area contributed by atoms with Crippen molar-refractivity contribution >= 4 is 5.78 Å². The van der Waals surface area contributed by atoms with Crippen LogP contribution < -0.4 is 4.74 Å². The first-order valence-corrected chi connectivity index (χ1v) is 7.63. The molecule has 4 heteroatoms. The van der Waals surface area contributed by atoms with Gasteiger partial charge >= 0.3 is 0 Å². The number of ether oxygens (including phenoxy) is 2. The van der Waals surface area contributed by atoms with Crippen molar-refractivity contribution < 1.29 is 19.4 Å². The molecular formula is C17H24O4. The van der Waals surface area contributed by atoms with Crippen LogP contribution in [0.4, 0.5) is 0 Å². The Hall–Kier alpha value is -1.39. The molecule has 1 N–H and O–H groups in total. The van der Waals surface area contributed by atoms with Gasteiger partial charge in [0, 0.05) is 18.4 Å². The Morgan fingerprint density at radius 2 is 1.90 bits per heavy atom. The molecule has 1 fully saturated rings. The van der Waals surface area contributed by atoms with Crippen LogP contribution >= 0.6 is 0 Å². The van der Waals surface area contributed by atoms with E-state index < -0.39 is 6.10 Å². The second-order valence-electron chi connectivity index (χ2n) is 5.75. The maximum absolute atomic E-state index is 11.3. The van der Waals surface area contributed by atoms with Crippen molar-refractivity contribution in [3.8, 4) is 5.75 Å². The van der Waals surface area contributed by atoms with Crippen LogP contribution in [0.2, 0.25) is 0 Å². The van der Waals surface area contributed by atoms with Gasteiger partial charge in [-0.3, -0.25) is 4.79 Å². The summed E-state index contributed by atoms with van der Waals surface area (Å²) < 4.78 is 11.8. The molecule has 0 aromatic heterocycles. The lowest BCUT2D eigenvalue weighted by Gasteiger charge is -2.27. The van der Waals surface area contributed by atoms with Crippen LogP contribution in [0.15, 0.2) is 24.3 Å². The minimum atomic E-state index is -0.404. The molecule has 1 saturated carbocycles. The van der Waals surface area contributed by atoms with E-state index in [1.54, 1.807) is 0 Å². The van der Waals surface area contributed by atoms with Crippen molar-refractivity contribution in [1.29, 1.82) is 0 Å². The van der Waals surface area contributed by atoms with Crippen molar-refractivity contribution in [2.45, 2.75) is 57.8 Å². The van der Waals surface area contributed by atoms with Gasteiger partial charge in [-0.05, 0) is 32.8 Å². The first-order valence-electron chi connectivity index (χ1n) is 7.63. The van der Waals surface area contributed by atoms with Gasteiger partial charge in [-0.2, -0.15) is 0 Å². The maximum Gasteiger partial charge on any atom is 0.133 e. The van der Waals surface area contributed by atoms with Crippen LogP contribution in [0.1, 0.15) is 51.2 Å². The number of carbonyl (C=O) groups is 1. The third-order valence-electron chi connectivity index (χ3n) is 3.64. The van der Waals surface area contributed by atoms with Crippen molar-refractivity contribution in [2.75, 3.05) is 6.61 Å². The van der Waals surface area contributed by atoms with Gasteiger partial charge in [0.1, 0.15) is 17.6 Å². The first kappa shape index (κ1) is 16.0. The Labute approximate surface area is 126 Å². The number of hydrogen-bond donors (Lipinski definition) is 1. The summed E-state index contributed by atoms with van der Waals surface area (Å²) in [5, 5.41) is 9.67. The second-order valence-corrected chi connectivity index (χ2v) is 5.75. The molecular weight excluding hydrogens is 268 g/mol. The summed E-state index contributed by atoms with van der Waals surface area (Å²) in [5.74, 6) is 1.05. The minimum absolute atomic E-state index is 0.0342. The summed E-state index contributed by atoms with van der Waals surface area (Å²) in [6, 6.07) is 7.65. The van der Waals surface area contributed by atoms with E-state index in [0.29, 0.717) is 18.6 Å². The zero-order valence-electron chi connectivity index (χ0n) is 12.7. The fourth-order valence-corrected chi connectivity index (χ4v) is 2.60. The Morgan fingerprint density at radius 3 is 2.52 bits per heavy atom. The standard InChI is InChI=1S/C17H24O4/c1-12(2)20-16-6-4-3-5-15(16)17(11-18)21-14-9-7-13(19)8-10-14/h3-6,12,14,17-18H,7-11H2,1-2H3. The monoisotopic (exact) mass is 292 g/mol. The number of para-hydroxylation sites is 1. The van der Waals surface area contributed by atoms with Crippen LogP contribution in [0.5, 0.6) is 5.75 Å². The van der Waals surface area contributed by atoms with Gasteiger partial charge in [-0.15, -0.1) is 0 Å². The topological polar surface area (TPSA) is 55.8 Å². The SMILES string of the molecule is CC(C)Oc1ccccc1C(CO)OC1CCC(=O)CC1. The maximum atomic E-state index is 11.3. The third-order valence-corrected chi connectivity index (χ3v) is 3.64. The summed E-state index contributed by atoms with van der Waals surface area (Å²) in [7, 11) is 0. The summed E-state index contributed by atoms with van der Waals surface area (Å²) in [6.45, 7) is 3.85. The number of rotatable bonds is 6. The molecule has 1 unspecified atom stereocenters. The summed E-state index contributed by atoms with van der Waals surface area (Å²) in [4.78, 5) is 11.3. The molecule has 0 saturated heterocycles. The van der Waals surface area contributed by atoms with E-state index in [1.807, 2.05) is 38.1 Å². The number of benzene rings is 1. The van der Waals surface area contributed by atoms with Gasteiger partial charge in [0.05, 0.1) is 18.8 Å². The Kier molecular flexibility index (Phi) is 5.76. The predicted octanol–water partition coefficient (Wildman–Crippen LogP) is 3.04. The zero-order chi connectivity index (χ0) is 15.2. The summed E-state index contributed by atoms with van der Waals surface area (Å²) in [6.07, 6.45) is 2.33. The van der Waals surface area contributed by atoms with Crippen molar-refractivity contribution in [3.05, 3.63) is 29.8 Å². The lowest BCUT2D eigenvalue weighted by molar-refractivity contribution is -0.125. The number of ketones is 1. The lowest BCUT2D eigenvalue weighted by atomic mass is 9.96. The highest BCUT2D eigenvalue weighted by Gasteiger charge is 2.25. The van der Waals surface area contributed by atoms with Crippen molar-refractivity contribution in [1.82, 2.24) is 0 Å². The number of Topliss-reactive ketones (excluding diaryl/α,β-unsaturated/α-hetero) is 1. The summed E-state index contributed by atoms with van der Waals surface area (Å²) >= 11 is 0. The van der Waals surface area contributed by atoms with E-state index in [0.717, 1.165) is 24.2 Å². The van der Waals surface area contributed by atoms with Crippen molar-refractivity contribution in [2.24, 2.45) is 0 Å². The number of carbonyl (C=O) groups excluding carboxylic acids is 1. The van der Waals surface area contributed by atoms with Gasteiger partial charge in [-0.25, -0.2) is 0 Å². The van der Waals surface area contributed by atoms with Gasteiger partial charge in [-0.1, -0.05) is 18.2 Å². The van der Waals surface area contributed by atoms with Gasteiger partial charge in [0.15, 0.2) is 0 Å². The molecule has 1 aromatic rings. The van der Waals surface area contributed by atoms with Gasteiger partial charge in [0.2, 0.25) is 0 Å². The predicted molar refractivity (Wildman–Crippen MR) is 80.4 cm³/mol. The van der Waals surface area contributed by atoms with Crippen molar-refractivity contribution in [3.63, 3.8) is 0 Å². The molecule has 0 bridgehead atoms. The van der Waals surface area contributed by atoms with Crippen LogP contribution in [0.3, 0.4) is 0 Å². The smallest absolute Gasteiger partial charge is 0.133 e. The Balaban J connectivity index is 2.08. The minimum Gasteiger partial charge on any atom is -0.491 e. The van der Waals surface area contributed by atoms with E-state index in [-0.39, 0.29) is 18.8 Å². The van der Waals surface area contributed by atoms with Crippen LogP contribution in [0.25, 0.3) is 0 Å². The molecule has 116 valence electrons. The fourth-order valence-electron chi connectivity index (χ4n) is 2.60. The largest absolute Gasteiger partial charge is 0.491 e. The molecule has 2 rings (SSSR count). The Bertz CT molecular complexity index is 460. The third kappa shape index (κ3) is 4.55. The molecule has 1 atom stereocenters. The van der Waals surface area contributed by atoms with Gasteiger partial charge in [0.25, 0.3) is 0 Å². The second kappa shape index (κ2) is 7.57. The van der Waals surface area contributed by atoms with E-state index >= 15 is 0 Å². The highest BCUT2D eigenvalue weighted by molar-refractivity contribution is 5.79. The molecule has 1 aromatic carbocycles. The molecule has 0 aliphatic heterocycles. The molecule has 0 radical (unpaired) electrons. The van der Waals surface area contributed by atoms with Crippen LogP contribution in [-0.2, 0) is 9.53 Å². The molecule has 21 heavy (non-hydrogen) atoms. The zero-order valence-corrected chi connectivity index (χ0v) is 12.7. The quantitative estimate of drug-likeness (QED) is 0.875. The molecule has 0 amide bonds.